The molecule has 9 nitrogen and oxygen atoms in total. The molecule has 1 aromatic carbocycles. The molecule has 2 aliphatic heterocycles. The molecule has 2 fully saturated rings. The molecule has 31 heavy (non-hydrogen) atoms. The van der Waals surface area contributed by atoms with E-state index in [2.05, 4.69) is 17.3 Å². The second-order valence-electron chi connectivity index (χ2n) is 9.31. The molecule has 0 aromatic heterocycles. The summed E-state index contributed by atoms with van der Waals surface area (Å²) < 4.78 is 12.0. The Morgan fingerprint density at radius 1 is 1.39 bits per heavy atom. The molecule has 0 amide bonds. The largest absolute Gasteiger partial charge is 0.504 e. The Hall–Kier alpha value is -2.52. The van der Waals surface area contributed by atoms with E-state index in [1.54, 1.807) is 13.2 Å². The van der Waals surface area contributed by atoms with Gasteiger partial charge in [0.05, 0.1) is 13.5 Å². The lowest BCUT2D eigenvalue weighted by molar-refractivity contribution is -0.146. The number of aromatic hydroxyl groups is 1. The molecular formula is C22H28N2O7. The van der Waals surface area contributed by atoms with Crippen molar-refractivity contribution in [2.24, 2.45) is 5.92 Å². The van der Waals surface area contributed by atoms with Gasteiger partial charge in [-0.3, -0.25) is 14.9 Å². The van der Waals surface area contributed by atoms with Gasteiger partial charge >= 0.3 is 11.9 Å². The van der Waals surface area contributed by atoms with Gasteiger partial charge in [0.25, 0.3) is 0 Å². The number of carbonyl (C=O) groups is 2. The topological polar surface area (TPSA) is 129 Å². The van der Waals surface area contributed by atoms with Gasteiger partial charge in [-0.2, -0.15) is 0 Å². The van der Waals surface area contributed by atoms with E-state index in [0.29, 0.717) is 29.9 Å². The maximum Gasteiger partial charge on any atom is 0.321 e. The number of phenols is 1. The van der Waals surface area contributed by atoms with E-state index in [4.69, 9.17) is 14.6 Å². The maximum absolute atomic E-state index is 11.7. The first-order valence-corrected chi connectivity index (χ1v) is 10.8. The first kappa shape index (κ1) is 20.4. The molecule has 4 N–H and O–H groups in total. The predicted molar refractivity (Wildman–Crippen MR) is 109 cm³/mol. The third-order valence-corrected chi connectivity index (χ3v) is 7.99. The highest BCUT2D eigenvalue weighted by molar-refractivity contribution is 5.80. The number of likely N-dealkylation sites (tertiary alicyclic amines) is 1. The zero-order valence-corrected chi connectivity index (χ0v) is 17.6. The van der Waals surface area contributed by atoms with Gasteiger partial charge in [-0.15, -0.1) is 0 Å². The van der Waals surface area contributed by atoms with Crippen molar-refractivity contribution in [1.29, 1.82) is 0 Å². The lowest BCUT2D eigenvalue weighted by Crippen LogP contribution is -2.69. The van der Waals surface area contributed by atoms with Gasteiger partial charge in [-0.25, -0.2) is 0 Å². The Bertz CT molecular complexity index is 950. The summed E-state index contributed by atoms with van der Waals surface area (Å²) in [5, 5.41) is 32.5. The van der Waals surface area contributed by atoms with E-state index in [1.165, 1.54) is 0 Å². The van der Waals surface area contributed by atoms with Crippen LogP contribution in [0.3, 0.4) is 0 Å². The number of nitrogens with zero attached hydrogens (tertiary/aromatic N) is 1. The number of benzene rings is 1. The average molecular weight is 432 g/mol. The van der Waals surface area contributed by atoms with Crippen LogP contribution in [0.25, 0.3) is 0 Å². The van der Waals surface area contributed by atoms with Crippen molar-refractivity contribution in [1.82, 2.24) is 10.2 Å². The number of methoxy groups -OCH3 is 1. The summed E-state index contributed by atoms with van der Waals surface area (Å²) in [7, 11) is 3.74. The lowest BCUT2D eigenvalue weighted by atomic mass is 9.51. The molecule has 9 heteroatoms. The van der Waals surface area contributed by atoms with Gasteiger partial charge in [-0.1, -0.05) is 0 Å². The molecule has 5 rings (SSSR count). The van der Waals surface area contributed by atoms with E-state index in [0.717, 1.165) is 36.9 Å². The van der Waals surface area contributed by atoms with Crippen LogP contribution < -0.4 is 14.8 Å². The Balaban J connectivity index is 1.60. The van der Waals surface area contributed by atoms with Crippen LogP contribution in [0.15, 0.2) is 6.07 Å². The molecule has 1 aromatic rings. The third kappa shape index (κ3) is 2.75. The van der Waals surface area contributed by atoms with E-state index < -0.39 is 24.4 Å². The van der Waals surface area contributed by atoms with Crippen molar-refractivity contribution in [3.8, 4) is 17.2 Å². The summed E-state index contributed by atoms with van der Waals surface area (Å²) >= 11 is 0. The van der Waals surface area contributed by atoms with E-state index in [9.17, 15) is 19.8 Å². The van der Waals surface area contributed by atoms with E-state index >= 15 is 0 Å². The van der Waals surface area contributed by atoms with Crippen molar-refractivity contribution in [2.45, 2.75) is 61.7 Å². The molecule has 168 valence electrons. The first-order chi connectivity index (χ1) is 14.8. The molecule has 0 unspecified atom stereocenters. The van der Waals surface area contributed by atoms with Crippen LogP contribution >= 0.6 is 0 Å². The van der Waals surface area contributed by atoms with Gasteiger partial charge in [0.1, 0.15) is 17.9 Å². The van der Waals surface area contributed by atoms with Gasteiger partial charge in [0.15, 0.2) is 11.5 Å². The highest BCUT2D eigenvalue weighted by Gasteiger charge is 2.66. The van der Waals surface area contributed by atoms with E-state index in [1.807, 2.05) is 0 Å². The molecule has 1 saturated carbocycles. The minimum absolute atomic E-state index is 0.0366. The Morgan fingerprint density at radius 3 is 2.84 bits per heavy atom. The summed E-state index contributed by atoms with van der Waals surface area (Å²) in [5.74, 6) is -0.862. The predicted octanol–water partition coefficient (Wildman–Crippen LogP) is 0.956. The van der Waals surface area contributed by atoms with Gasteiger partial charge in [0, 0.05) is 34.7 Å². The Labute approximate surface area is 179 Å². The lowest BCUT2D eigenvalue weighted by Gasteiger charge is -2.59. The molecule has 1 saturated heterocycles. The highest BCUT2D eigenvalue weighted by atomic mass is 16.5. The molecule has 4 aliphatic rings. The average Bonchev–Trinajstić information content (AvgIpc) is 3.07. The molecule has 1 spiro atoms. The molecule has 2 aliphatic carbocycles. The van der Waals surface area contributed by atoms with Crippen LogP contribution in [0.5, 0.6) is 17.2 Å². The summed E-state index contributed by atoms with van der Waals surface area (Å²) in [6.07, 6.45) is 2.34. The fraction of sp³-hybridized carbons (Fsp3) is 0.636. The van der Waals surface area contributed by atoms with Crippen LogP contribution in [0.1, 0.15) is 36.8 Å². The number of piperidine rings is 1. The minimum Gasteiger partial charge on any atom is -0.504 e. The summed E-state index contributed by atoms with van der Waals surface area (Å²) in [6.45, 7) is 0.877. The first-order valence-electron chi connectivity index (χ1n) is 10.8. The zero-order valence-electron chi connectivity index (χ0n) is 17.6. The second-order valence-corrected chi connectivity index (χ2v) is 9.31. The number of rotatable bonds is 6. The Kier molecular flexibility index (Phi) is 4.60. The van der Waals surface area contributed by atoms with E-state index in [-0.39, 0.29) is 23.3 Å². The fourth-order valence-electron chi connectivity index (χ4n) is 6.79. The zero-order chi connectivity index (χ0) is 22.1. The number of hydrogen-bond donors (Lipinski definition) is 4. The highest BCUT2D eigenvalue weighted by Crippen LogP contribution is 2.65. The van der Waals surface area contributed by atoms with Crippen molar-refractivity contribution in [3.05, 3.63) is 17.2 Å². The van der Waals surface area contributed by atoms with Crippen LogP contribution in [0.4, 0.5) is 0 Å². The van der Waals surface area contributed by atoms with Gasteiger partial charge in [0.2, 0.25) is 0 Å². The third-order valence-electron chi connectivity index (χ3n) is 7.99. The second kappa shape index (κ2) is 7.00. The quantitative estimate of drug-likeness (QED) is 0.519. The number of hydrogen-bond acceptors (Lipinski definition) is 7. The SMILES string of the molecule is COc1cc(O)c2c3c1C[C@@H]1[C@@H]4CC[C@H](N[C@@H](CC(=O)O)C(=O)O)[C@H](O2)[C@]34CCN1C. The van der Waals surface area contributed by atoms with Crippen LogP contribution in [0, 0.1) is 5.92 Å². The molecule has 2 bridgehead atoms. The summed E-state index contributed by atoms with van der Waals surface area (Å²) in [5.41, 5.74) is 1.72. The van der Waals surface area contributed by atoms with Gasteiger partial charge in [-0.05, 0) is 45.2 Å². The number of phenolic OH excluding ortho intramolecular Hbond substituents is 1. The van der Waals surface area contributed by atoms with Crippen molar-refractivity contribution in [3.63, 3.8) is 0 Å². The number of nitrogens with one attached hydrogen (secondary N) is 1. The number of likely N-dealkylation sites (N-methyl/N-ethyl adjacent to an activating group) is 1. The smallest absolute Gasteiger partial charge is 0.321 e. The van der Waals surface area contributed by atoms with Crippen molar-refractivity contribution < 1.29 is 34.4 Å². The molecule has 0 radical (unpaired) electrons. The fourth-order valence-corrected chi connectivity index (χ4v) is 6.79. The normalized spacial score (nSPS) is 33.9. The monoisotopic (exact) mass is 432 g/mol. The van der Waals surface area contributed by atoms with Crippen LogP contribution in [-0.2, 0) is 21.4 Å². The molecule has 2 heterocycles. The van der Waals surface area contributed by atoms with Crippen LogP contribution in [0.2, 0.25) is 0 Å². The van der Waals surface area contributed by atoms with Crippen molar-refractivity contribution in [2.75, 3.05) is 20.7 Å². The minimum atomic E-state index is -1.20. The van der Waals surface area contributed by atoms with Crippen molar-refractivity contribution >= 4 is 11.9 Å². The number of carboxylic acid groups (broad SMARTS) is 2. The summed E-state index contributed by atoms with van der Waals surface area (Å²) in [4.78, 5) is 25.3. The maximum atomic E-state index is 11.7. The number of aliphatic carboxylic acids is 2. The van der Waals surface area contributed by atoms with Gasteiger partial charge < -0.3 is 29.7 Å². The Morgan fingerprint density at radius 2 is 2.16 bits per heavy atom. The molecular weight excluding hydrogens is 404 g/mol. The standard InChI is InChI=1S/C22H28N2O7/c1-24-6-5-22-11-3-4-12(23-13(21(28)29)8-17(26)27)20(22)31-19-15(25)9-16(30-2)10(18(19)22)7-14(11)24/h9,11-14,20,23,25H,3-8H2,1-2H3,(H,26,27)(H,28,29)/t11-,12-,13-,14+,20-,22-/m0/s1. The number of carboxylic acids is 2. The number of ether oxygens (including phenoxy) is 2. The molecule has 6 atom stereocenters. The summed E-state index contributed by atoms with van der Waals surface area (Å²) in [6, 6.07) is 0.387. The van der Waals surface area contributed by atoms with Crippen LogP contribution in [-0.4, -0.2) is 77.1 Å².